The number of rotatable bonds is 4. The van der Waals surface area contributed by atoms with E-state index in [-0.39, 0.29) is 11.8 Å². The van der Waals surface area contributed by atoms with Crippen molar-refractivity contribution in [1.29, 1.82) is 0 Å². The SMILES string of the molecule is CCOC1CCN(c2nc(C(=O)[O-])co2)CC1. The van der Waals surface area contributed by atoms with E-state index in [0.29, 0.717) is 6.01 Å². The molecule has 0 N–H and O–H groups in total. The van der Waals surface area contributed by atoms with Gasteiger partial charge in [-0.1, -0.05) is 0 Å². The third-order valence-electron chi connectivity index (χ3n) is 2.82. The van der Waals surface area contributed by atoms with Crippen LogP contribution in [0.5, 0.6) is 0 Å². The monoisotopic (exact) mass is 239 g/mol. The third kappa shape index (κ3) is 2.76. The summed E-state index contributed by atoms with van der Waals surface area (Å²) in [5.74, 6) is -1.32. The highest BCUT2D eigenvalue weighted by Crippen LogP contribution is 2.20. The van der Waals surface area contributed by atoms with Gasteiger partial charge < -0.3 is 24.0 Å². The summed E-state index contributed by atoms with van der Waals surface area (Å²) in [6, 6.07) is 0.346. The van der Waals surface area contributed by atoms with Gasteiger partial charge in [-0.15, -0.1) is 0 Å². The van der Waals surface area contributed by atoms with E-state index in [1.54, 1.807) is 0 Å². The van der Waals surface area contributed by atoms with Gasteiger partial charge in [0.25, 0.3) is 6.01 Å². The fourth-order valence-electron chi connectivity index (χ4n) is 1.95. The molecule has 94 valence electrons. The molecule has 1 saturated heterocycles. The van der Waals surface area contributed by atoms with Crippen LogP contribution in [0.1, 0.15) is 30.3 Å². The number of ether oxygens (including phenoxy) is 1. The number of piperidine rings is 1. The van der Waals surface area contributed by atoms with Crippen LogP contribution in [-0.4, -0.2) is 36.8 Å². The van der Waals surface area contributed by atoms with Crippen LogP contribution in [0.3, 0.4) is 0 Å². The molecule has 2 rings (SSSR count). The van der Waals surface area contributed by atoms with E-state index in [0.717, 1.165) is 38.8 Å². The second kappa shape index (κ2) is 5.18. The summed E-state index contributed by atoms with van der Waals surface area (Å²) in [5.41, 5.74) is -0.160. The van der Waals surface area contributed by atoms with Crippen molar-refractivity contribution in [2.75, 3.05) is 24.6 Å². The largest absolute Gasteiger partial charge is 0.543 e. The van der Waals surface area contributed by atoms with Crippen molar-refractivity contribution in [2.45, 2.75) is 25.9 Å². The van der Waals surface area contributed by atoms with Gasteiger partial charge in [-0.25, -0.2) is 0 Å². The van der Waals surface area contributed by atoms with E-state index in [1.807, 2.05) is 11.8 Å². The minimum absolute atomic E-state index is 0.160. The van der Waals surface area contributed by atoms with Crippen molar-refractivity contribution in [3.05, 3.63) is 12.0 Å². The summed E-state index contributed by atoms with van der Waals surface area (Å²) in [7, 11) is 0. The topological polar surface area (TPSA) is 78.6 Å². The summed E-state index contributed by atoms with van der Waals surface area (Å²) < 4.78 is 10.6. The molecule has 0 unspecified atom stereocenters. The molecule has 1 aliphatic heterocycles. The van der Waals surface area contributed by atoms with E-state index in [9.17, 15) is 9.90 Å². The summed E-state index contributed by atoms with van der Waals surface area (Å²) in [6.45, 7) is 4.22. The number of oxazole rings is 1. The van der Waals surface area contributed by atoms with E-state index < -0.39 is 5.97 Å². The Morgan fingerprint density at radius 2 is 2.35 bits per heavy atom. The number of anilines is 1. The molecule has 0 aromatic carbocycles. The zero-order valence-corrected chi connectivity index (χ0v) is 9.72. The van der Waals surface area contributed by atoms with E-state index in [2.05, 4.69) is 4.98 Å². The average molecular weight is 239 g/mol. The number of aromatic nitrogens is 1. The number of hydrogen-bond acceptors (Lipinski definition) is 6. The van der Waals surface area contributed by atoms with Gasteiger partial charge >= 0.3 is 0 Å². The maximum atomic E-state index is 10.6. The molecule has 1 aliphatic rings. The Hall–Kier alpha value is -1.56. The molecular formula is C11H15N2O4-. The van der Waals surface area contributed by atoms with Crippen molar-refractivity contribution in [1.82, 2.24) is 4.98 Å². The fourth-order valence-corrected chi connectivity index (χ4v) is 1.95. The second-order valence-corrected chi connectivity index (χ2v) is 3.94. The lowest BCUT2D eigenvalue weighted by molar-refractivity contribution is -0.255. The van der Waals surface area contributed by atoms with E-state index >= 15 is 0 Å². The molecule has 1 fully saturated rings. The van der Waals surface area contributed by atoms with Crippen LogP contribution in [-0.2, 0) is 4.74 Å². The molecule has 17 heavy (non-hydrogen) atoms. The zero-order valence-electron chi connectivity index (χ0n) is 9.72. The summed E-state index contributed by atoms with van der Waals surface area (Å²) in [5, 5.41) is 10.6. The number of hydrogen-bond donors (Lipinski definition) is 0. The maximum Gasteiger partial charge on any atom is 0.297 e. The normalized spacial score (nSPS) is 17.4. The van der Waals surface area contributed by atoms with Crippen molar-refractivity contribution < 1.29 is 19.1 Å². The minimum atomic E-state index is -1.32. The molecule has 1 aromatic heterocycles. The molecule has 0 bridgehead atoms. The Bertz CT molecular complexity index is 383. The first-order valence-electron chi connectivity index (χ1n) is 5.74. The Morgan fingerprint density at radius 3 is 2.88 bits per heavy atom. The second-order valence-electron chi connectivity index (χ2n) is 3.94. The van der Waals surface area contributed by atoms with Crippen LogP contribution in [0.15, 0.2) is 10.7 Å². The van der Waals surface area contributed by atoms with Crippen LogP contribution in [0.25, 0.3) is 0 Å². The average Bonchev–Trinajstić information content (AvgIpc) is 2.80. The van der Waals surface area contributed by atoms with Crippen LogP contribution in [0.2, 0.25) is 0 Å². The lowest BCUT2D eigenvalue weighted by Crippen LogP contribution is -2.37. The smallest absolute Gasteiger partial charge is 0.297 e. The molecule has 0 spiro atoms. The molecule has 0 saturated carbocycles. The quantitative estimate of drug-likeness (QED) is 0.738. The number of carbonyl (C=O) groups excluding carboxylic acids is 1. The predicted octanol–water partition coefficient (Wildman–Crippen LogP) is 0.0434. The van der Waals surface area contributed by atoms with Crippen molar-refractivity contribution in [2.24, 2.45) is 0 Å². The van der Waals surface area contributed by atoms with Crippen LogP contribution >= 0.6 is 0 Å². The first kappa shape index (κ1) is 11.9. The van der Waals surface area contributed by atoms with E-state index in [4.69, 9.17) is 9.15 Å². The zero-order chi connectivity index (χ0) is 12.3. The van der Waals surface area contributed by atoms with Gasteiger partial charge in [-0.3, -0.25) is 0 Å². The van der Waals surface area contributed by atoms with Crippen LogP contribution in [0, 0.1) is 0 Å². The molecular weight excluding hydrogens is 224 g/mol. The van der Waals surface area contributed by atoms with Gasteiger partial charge in [0.15, 0.2) is 0 Å². The van der Waals surface area contributed by atoms with Gasteiger partial charge in [0, 0.05) is 19.7 Å². The predicted molar refractivity (Wildman–Crippen MR) is 57.7 cm³/mol. The van der Waals surface area contributed by atoms with Gasteiger partial charge in [0.05, 0.1) is 12.1 Å². The Kier molecular flexibility index (Phi) is 3.63. The van der Waals surface area contributed by atoms with Gasteiger partial charge in [-0.05, 0) is 19.8 Å². The highest BCUT2D eigenvalue weighted by Gasteiger charge is 2.22. The van der Waals surface area contributed by atoms with Gasteiger partial charge in [0.2, 0.25) is 0 Å². The highest BCUT2D eigenvalue weighted by molar-refractivity contribution is 5.83. The molecule has 6 heteroatoms. The van der Waals surface area contributed by atoms with E-state index in [1.165, 1.54) is 0 Å². The van der Waals surface area contributed by atoms with Crippen LogP contribution < -0.4 is 10.0 Å². The Labute approximate surface area is 99.2 Å². The molecule has 0 radical (unpaired) electrons. The van der Waals surface area contributed by atoms with Crippen molar-refractivity contribution in [3.63, 3.8) is 0 Å². The van der Waals surface area contributed by atoms with Crippen molar-refractivity contribution in [3.8, 4) is 0 Å². The Morgan fingerprint density at radius 1 is 1.65 bits per heavy atom. The maximum absolute atomic E-state index is 10.6. The van der Waals surface area contributed by atoms with Gasteiger partial charge in [-0.2, -0.15) is 4.98 Å². The molecule has 0 amide bonds. The number of carbonyl (C=O) groups is 1. The highest BCUT2D eigenvalue weighted by atomic mass is 16.5. The molecule has 0 atom stereocenters. The minimum Gasteiger partial charge on any atom is -0.543 e. The summed E-state index contributed by atoms with van der Waals surface area (Å²) in [4.78, 5) is 16.3. The number of aromatic carboxylic acids is 1. The lowest BCUT2D eigenvalue weighted by atomic mass is 10.1. The fraction of sp³-hybridized carbons (Fsp3) is 0.636. The van der Waals surface area contributed by atoms with Crippen LogP contribution in [0.4, 0.5) is 6.01 Å². The summed E-state index contributed by atoms with van der Waals surface area (Å²) >= 11 is 0. The van der Waals surface area contributed by atoms with Gasteiger partial charge in [0.1, 0.15) is 12.0 Å². The molecule has 1 aromatic rings. The standard InChI is InChI=1S/C11H16N2O4/c1-2-16-8-3-5-13(6-4-8)11-12-9(7-17-11)10(14)15/h7-8H,2-6H2,1H3,(H,14,15)/p-1. The molecule has 6 nitrogen and oxygen atoms in total. The Balaban J connectivity index is 1.93. The lowest BCUT2D eigenvalue weighted by Gasteiger charge is -2.30. The number of carboxylic acid groups (broad SMARTS) is 1. The third-order valence-corrected chi connectivity index (χ3v) is 2.82. The van der Waals surface area contributed by atoms with Crippen molar-refractivity contribution >= 4 is 12.0 Å². The number of nitrogens with zero attached hydrogens (tertiary/aromatic N) is 2. The molecule has 0 aliphatic carbocycles. The first-order chi connectivity index (χ1) is 8.20. The number of carboxylic acids is 1. The first-order valence-corrected chi connectivity index (χ1v) is 5.74. The summed E-state index contributed by atoms with van der Waals surface area (Å²) in [6.07, 6.45) is 3.19. The molecule has 2 heterocycles.